The second kappa shape index (κ2) is 9.43. The van der Waals surface area contributed by atoms with Crippen molar-refractivity contribution in [3.8, 4) is 5.75 Å². The number of rotatable bonds is 8. The Morgan fingerprint density at radius 1 is 1.10 bits per heavy atom. The first-order chi connectivity index (χ1) is 14.4. The van der Waals surface area contributed by atoms with Gasteiger partial charge < -0.3 is 19.2 Å². The first-order valence-electron chi connectivity index (χ1n) is 9.91. The molecule has 2 aromatic heterocycles. The number of aryl methyl sites for hydroxylation is 1. The molecule has 3 rings (SSSR count). The summed E-state index contributed by atoms with van der Waals surface area (Å²) in [7, 11) is 1.32. The Balaban J connectivity index is 1.60. The minimum absolute atomic E-state index is 0.244. The van der Waals surface area contributed by atoms with Crippen molar-refractivity contribution in [2.45, 2.75) is 39.8 Å². The Morgan fingerprint density at radius 3 is 2.50 bits per heavy atom. The molecule has 0 radical (unpaired) electrons. The third kappa shape index (κ3) is 5.37. The number of nitrogens with zero attached hydrogens (tertiary/aromatic N) is 2. The number of methoxy groups -OCH3 is 1. The number of hydrogen-bond donors (Lipinski definition) is 1. The van der Waals surface area contributed by atoms with E-state index in [9.17, 15) is 9.59 Å². The maximum Gasteiger partial charge on any atom is 0.328 e. The van der Waals surface area contributed by atoms with E-state index >= 15 is 0 Å². The molecule has 30 heavy (non-hydrogen) atoms. The summed E-state index contributed by atoms with van der Waals surface area (Å²) in [4.78, 5) is 28.9. The molecular weight excluding hydrogens is 382 g/mol. The number of hydrogen-bond acceptors (Lipinski definition) is 5. The zero-order valence-electron chi connectivity index (χ0n) is 17.7. The van der Waals surface area contributed by atoms with Gasteiger partial charge in [0.25, 0.3) is 5.91 Å². The van der Waals surface area contributed by atoms with Crippen LogP contribution in [0.1, 0.15) is 41.9 Å². The lowest BCUT2D eigenvalue weighted by atomic mass is 10.0. The third-order valence-corrected chi connectivity index (χ3v) is 4.65. The summed E-state index contributed by atoms with van der Waals surface area (Å²) in [5.41, 5.74) is 3.29. The van der Waals surface area contributed by atoms with Crippen LogP contribution in [0.3, 0.4) is 0 Å². The lowest BCUT2D eigenvalue weighted by molar-refractivity contribution is -0.143. The van der Waals surface area contributed by atoms with Gasteiger partial charge in [-0.15, -0.1) is 0 Å². The Labute approximate surface area is 176 Å². The molecule has 0 aliphatic rings. The molecule has 0 bridgehead atoms. The minimum atomic E-state index is -0.669. The maximum atomic E-state index is 12.5. The number of carbonyl (C=O) groups is 2. The molecule has 7 nitrogen and oxygen atoms in total. The standard InChI is InChI=1S/C23H27N3O4/c1-15(2)11-20(23(28)29-4)25-22(27)17-6-8-19(9-7-17)30-14-18-13-26-12-16(3)5-10-21(26)24-18/h5-10,12-13,15,20H,11,14H2,1-4H3,(H,25,27). The number of esters is 1. The molecule has 1 N–H and O–H groups in total. The fourth-order valence-electron chi connectivity index (χ4n) is 3.15. The first-order valence-corrected chi connectivity index (χ1v) is 9.91. The SMILES string of the molecule is COC(=O)C(CC(C)C)NC(=O)c1ccc(OCc2cn3cc(C)ccc3n2)cc1. The number of imidazole rings is 1. The number of amides is 1. The average Bonchev–Trinajstić information content (AvgIpc) is 3.13. The summed E-state index contributed by atoms with van der Waals surface area (Å²) in [6, 6.07) is 10.1. The molecule has 158 valence electrons. The van der Waals surface area contributed by atoms with Crippen LogP contribution in [0, 0.1) is 12.8 Å². The fourth-order valence-corrected chi connectivity index (χ4v) is 3.15. The highest BCUT2D eigenvalue weighted by Gasteiger charge is 2.23. The van der Waals surface area contributed by atoms with Crippen LogP contribution in [0.2, 0.25) is 0 Å². The van der Waals surface area contributed by atoms with Crippen LogP contribution in [0.25, 0.3) is 5.65 Å². The van der Waals surface area contributed by atoms with Crippen molar-refractivity contribution < 1.29 is 19.1 Å². The van der Waals surface area contributed by atoms with Crippen molar-refractivity contribution in [2.75, 3.05) is 7.11 Å². The molecule has 0 aliphatic heterocycles. The van der Waals surface area contributed by atoms with Gasteiger partial charge in [0.2, 0.25) is 0 Å². The molecule has 1 atom stereocenters. The Bertz CT molecular complexity index is 1020. The normalized spacial score (nSPS) is 12.0. The summed E-state index contributed by atoms with van der Waals surface area (Å²) in [6.07, 6.45) is 4.46. The first kappa shape index (κ1) is 21.4. The van der Waals surface area contributed by atoms with Crippen LogP contribution in [-0.4, -0.2) is 34.4 Å². The molecule has 2 heterocycles. The highest BCUT2D eigenvalue weighted by molar-refractivity contribution is 5.96. The van der Waals surface area contributed by atoms with Gasteiger partial charge in [-0.25, -0.2) is 9.78 Å². The van der Waals surface area contributed by atoms with Crippen LogP contribution in [0.15, 0.2) is 48.8 Å². The van der Waals surface area contributed by atoms with E-state index in [0.29, 0.717) is 24.3 Å². The molecule has 0 saturated carbocycles. The smallest absolute Gasteiger partial charge is 0.328 e. The monoisotopic (exact) mass is 409 g/mol. The van der Waals surface area contributed by atoms with Crippen LogP contribution in [0.4, 0.5) is 0 Å². The molecule has 3 aromatic rings. The van der Waals surface area contributed by atoms with E-state index in [1.807, 2.05) is 49.7 Å². The molecule has 0 aliphatic carbocycles. The van der Waals surface area contributed by atoms with Crippen molar-refractivity contribution in [3.05, 3.63) is 65.6 Å². The number of benzene rings is 1. The predicted molar refractivity (Wildman–Crippen MR) is 113 cm³/mol. The van der Waals surface area contributed by atoms with Gasteiger partial charge in [-0.2, -0.15) is 0 Å². The molecule has 1 unspecified atom stereocenters. The molecule has 1 aromatic carbocycles. The molecule has 7 heteroatoms. The molecule has 1 amide bonds. The Morgan fingerprint density at radius 2 is 1.83 bits per heavy atom. The lowest BCUT2D eigenvalue weighted by Crippen LogP contribution is -2.42. The summed E-state index contributed by atoms with van der Waals surface area (Å²) >= 11 is 0. The van der Waals surface area contributed by atoms with E-state index in [1.54, 1.807) is 24.3 Å². The topological polar surface area (TPSA) is 81.9 Å². The van der Waals surface area contributed by atoms with Crippen LogP contribution < -0.4 is 10.1 Å². The van der Waals surface area contributed by atoms with E-state index in [-0.39, 0.29) is 11.8 Å². The zero-order chi connectivity index (χ0) is 21.7. The maximum absolute atomic E-state index is 12.5. The lowest BCUT2D eigenvalue weighted by Gasteiger charge is -2.18. The van der Waals surface area contributed by atoms with Gasteiger partial charge in [0, 0.05) is 18.0 Å². The Kier molecular flexibility index (Phi) is 6.72. The molecule has 0 fully saturated rings. The number of fused-ring (bicyclic) bond motifs is 1. The second-order valence-electron chi connectivity index (χ2n) is 7.70. The van der Waals surface area contributed by atoms with Crippen LogP contribution >= 0.6 is 0 Å². The van der Waals surface area contributed by atoms with Gasteiger partial charge >= 0.3 is 5.97 Å². The highest BCUT2D eigenvalue weighted by Crippen LogP contribution is 2.16. The summed E-state index contributed by atoms with van der Waals surface area (Å²) in [5.74, 6) is 0.105. The number of carbonyl (C=O) groups excluding carboxylic acids is 2. The minimum Gasteiger partial charge on any atom is -0.487 e. The van der Waals surface area contributed by atoms with Gasteiger partial charge in [-0.3, -0.25) is 4.79 Å². The Hall–Kier alpha value is -3.35. The third-order valence-electron chi connectivity index (χ3n) is 4.65. The zero-order valence-corrected chi connectivity index (χ0v) is 17.7. The second-order valence-corrected chi connectivity index (χ2v) is 7.70. The van der Waals surface area contributed by atoms with E-state index in [4.69, 9.17) is 9.47 Å². The van der Waals surface area contributed by atoms with Crippen molar-refractivity contribution in [1.82, 2.24) is 14.7 Å². The van der Waals surface area contributed by atoms with Crippen molar-refractivity contribution in [2.24, 2.45) is 5.92 Å². The fraction of sp³-hybridized carbons (Fsp3) is 0.348. The van der Waals surface area contributed by atoms with Gasteiger partial charge in [0.15, 0.2) is 0 Å². The molecule has 0 saturated heterocycles. The van der Waals surface area contributed by atoms with Gasteiger partial charge in [0.1, 0.15) is 24.0 Å². The molecular formula is C23H27N3O4. The van der Waals surface area contributed by atoms with Crippen molar-refractivity contribution in [3.63, 3.8) is 0 Å². The van der Waals surface area contributed by atoms with Crippen LogP contribution in [-0.2, 0) is 16.1 Å². The number of ether oxygens (including phenoxy) is 2. The largest absolute Gasteiger partial charge is 0.487 e. The van der Waals surface area contributed by atoms with Crippen molar-refractivity contribution >= 4 is 17.5 Å². The van der Waals surface area contributed by atoms with E-state index in [2.05, 4.69) is 10.3 Å². The van der Waals surface area contributed by atoms with Crippen molar-refractivity contribution in [1.29, 1.82) is 0 Å². The van der Waals surface area contributed by atoms with Gasteiger partial charge in [-0.1, -0.05) is 19.9 Å². The highest BCUT2D eigenvalue weighted by atomic mass is 16.5. The van der Waals surface area contributed by atoms with Crippen LogP contribution in [0.5, 0.6) is 5.75 Å². The predicted octanol–water partition coefficient (Wildman–Crippen LogP) is 3.54. The van der Waals surface area contributed by atoms with Gasteiger partial charge in [0.05, 0.1) is 12.8 Å². The number of nitrogens with one attached hydrogen (secondary N) is 1. The van der Waals surface area contributed by atoms with E-state index in [1.165, 1.54) is 7.11 Å². The van der Waals surface area contributed by atoms with Gasteiger partial charge in [-0.05, 0) is 55.2 Å². The van der Waals surface area contributed by atoms with E-state index in [0.717, 1.165) is 16.9 Å². The number of aromatic nitrogens is 2. The van der Waals surface area contributed by atoms with E-state index < -0.39 is 12.0 Å². The summed E-state index contributed by atoms with van der Waals surface area (Å²) in [5, 5.41) is 2.75. The summed E-state index contributed by atoms with van der Waals surface area (Å²) in [6.45, 7) is 6.32. The average molecular weight is 409 g/mol. The quantitative estimate of drug-likeness (QED) is 0.576. The summed E-state index contributed by atoms with van der Waals surface area (Å²) < 4.78 is 12.6. The number of pyridine rings is 1. The molecule has 0 spiro atoms.